The number of hydrogen-bond acceptors (Lipinski definition) is 1. The Kier molecular flexibility index (Phi) is 3.74. The van der Waals surface area contributed by atoms with E-state index in [1.165, 1.54) is 0 Å². The number of anilines is 1. The summed E-state index contributed by atoms with van der Waals surface area (Å²) >= 11 is 9.44. The Labute approximate surface area is 135 Å². The van der Waals surface area contributed by atoms with Gasteiger partial charge >= 0.3 is 0 Å². The first-order valence-corrected chi connectivity index (χ1v) is 7.54. The van der Waals surface area contributed by atoms with Crippen LogP contribution in [-0.4, -0.2) is 10.5 Å². The van der Waals surface area contributed by atoms with Gasteiger partial charge in [0.2, 0.25) is 0 Å². The lowest BCUT2D eigenvalue weighted by molar-refractivity contribution is 0.101. The first-order valence-electron chi connectivity index (χ1n) is 6.37. The molecule has 0 fully saturated rings. The van der Waals surface area contributed by atoms with Crippen LogP contribution in [0, 0.1) is 0 Å². The van der Waals surface area contributed by atoms with E-state index in [1.54, 1.807) is 23.9 Å². The van der Waals surface area contributed by atoms with Crippen LogP contribution in [0.2, 0.25) is 5.02 Å². The molecule has 5 heteroatoms. The summed E-state index contributed by atoms with van der Waals surface area (Å²) in [6.45, 7) is 0. The predicted octanol–water partition coefficient (Wildman–Crippen LogP) is 4.85. The molecule has 3 nitrogen and oxygen atoms in total. The number of carbonyl (C=O) groups excluding carboxylic acids is 1. The summed E-state index contributed by atoms with van der Waals surface area (Å²) in [7, 11) is 1.79. The van der Waals surface area contributed by atoms with E-state index in [4.69, 9.17) is 11.6 Å². The minimum Gasteiger partial charge on any atom is -0.345 e. The zero-order chi connectivity index (χ0) is 15.0. The molecule has 106 valence electrons. The number of hydrogen-bond donors (Lipinski definition) is 1. The minimum absolute atomic E-state index is 0.183. The van der Waals surface area contributed by atoms with Crippen molar-refractivity contribution in [1.82, 2.24) is 4.57 Å². The molecule has 0 aliphatic heterocycles. The molecule has 0 bridgehead atoms. The van der Waals surface area contributed by atoms with Gasteiger partial charge in [0.1, 0.15) is 5.69 Å². The Morgan fingerprint density at radius 3 is 2.57 bits per heavy atom. The number of nitrogens with one attached hydrogen (secondary N) is 1. The second-order valence-corrected chi connectivity index (χ2v) is 6.04. The van der Waals surface area contributed by atoms with Crippen molar-refractivity contribution in [2.75, 3.05) is 5.32 Å². The first-order chi connectivity index (χ1) is 10.1. The molecular formula is C16H12BrClN2O. The predicted molar refractivity (Wildman–Crippen MR) is 90.0 cm³/mol. The standard InChI is InChI=1S/C16H12BrClN2O/c1-20-9-10(18)8-15(20)16(21)19-14-7-6-13(17)11-4-2-3-5-12(11)14/h2-9H,1H3,(H,19,21). The molecule has 0 atom stereocenters. The van der Waals surface area contributed by atoms with Gasteiger partial charge in [-0.15, -0.1) is 0 Å². The van der Waals surface area contributed by atoms with E-state index >= 15 is 0 Å². The van der Waals surface area contributed by atoms with E-state index in [9.17, 15) is 4.79 Å². The average Bonchev–Trinajstić information content (AvgIpc) is 2.81. The van der Waals surface area contributed by atoms with Gasteiger partial charge in [-0.25, -0.2) is 0 Å². The molecule has 1 amide bonds. The van der Waals surface area contributed by atoms with E-state index in [0.29, 0.717) is 10.7 Å². The van der Waals surface area contributed by atoms with Gasteiger partial charge in [0, 0.05) is 28.8 Å². The van der Waals surface area contributed by atoms with Crippen molar-refractivity contribution in [2.24, 2.45) is 7.05 Å². The van der Waals surface area contributed by atoms with Crippen LogP contribution in [0.15, 0.2) is 53.1 Å². The van der Waals surface area contributed by atoms with Crippen molar-refractivity contribution in [3.63, 3.8) is 0 Å². The minimum atomic E-state index is -0.183. The fourth-order valence-electron chi connectivity index (χ4n) is 2.31. The number of amides is 1. The maximum atomic E-state index is 12.4. The highest BCUT2D eigenvalue weighted by molar-refractivity contribution is 9.10. The fraction of sp³-hybridized carbons (Fsp3) is 0.0625. The maximum absolute atomic E-state index is 12.4. The molecule has 2 aromatic carbocycles. The lowest BCUT2D eigenvalue weighted by atomic mass is 10.1. The number of carbonyl (C=O) groups is 1. The first kappa shape index (κ1) is 14.2. The monoisotopic (exact) mass is 362 g/mol. The van der Waals surface area contributed by atoms with E-state index in [2.05, 4.69) is 21.2 Å². The van der Waals surface area contributed by atoms with Gasteiger partial charge in [-0.3, -0.25) is 4.79 Å². The molecule has 21 heavy (non-hydrogen) atoms. The highest BCUT2D eigenvalue weighted by atomic mass is 79.9. The van der Waals surface area contributed by atoms with E-state index < -0.39 is 0 Å². The Morgan fingerprint density at radius 1 is 1.19 bits per heavy atom. The molecule has 0 spiro atoms. The van der Waals surface area contributed by atoms with Gasteiger partial charge in [0.15, 0.2) is 0 Å². The molecule has 1 aromatic heterocycles. The average molecular weight is 364 g/mol. The number of nitrogens with zero attached hydrogens (tertiary/aromatic N) is 1. The number of benzene rings is 2. The van der Waals surface area contributed by atoms with Gasteiger partial charge in [0.25, 0.3) is 5.91 Å². The molecule has 1 N–H and O–H groups in total. The highest BCUT2D eigenvalue weighted by Gasteiger charge is 2.13. The van der Waals surface area contributed by atoms with Gasteiger partial charge in [-0.2, -0.15) is 0 Å². The van der Waals surface area contributed by atoms with Crippen molar-refractivity contribution < 1.29 is 4.79 Å². The molecule has 3 aromatic rings. The normalized spacial score (nSPS) is 10.8. The lowest BCUT2D eigenvalue weighted by Crippen LogP contribution is -2.15. The van der Waals surface area contributed by atoms with Crippen molar-refractivity contribution in [2.45, 2.75) is 0 Å². The van der Waals surface area contributed by atoms with Crippen LogP contribution >= 0.6 is 27.5 Å². The summed E-state index contributed by atoms with van der Waals surface area (Å²) in [5.41, 5.74) is 1.29. The number of halogens is 2. The van der Waals surface area contributed by atoms with Crippen molar-refractivity contribution in [1.29, 1.82) is 0 Å². The summed E-state index contributed by atoms with van der Waals surface area (Å²) in [4.78, 5) is 12.4. The molecule has 3 rings (SSSR count). The van der Waals surface area contributed by atoms with Gasteiger partial charge in [-0.05, 0) is 23.6 Å². The number of rotatable bonds is 2. The van der Waals surface area contributed by atoms with E-state index in [1.807, 2.05) is 36.4 Å². The fourth-order valence-corrected chi connectivity index (χ4v) is 3.04. The molecule has 0 saturated carbocycles. The van der Waals surface area contributed by atoms with Crippen molar-refractivity contribution >= 4 is 49.9 Å². The smallest absolute Gasteiger partial charge is 0.272 e. The Bertz CT molecular complexity index is 841. The Hall–Kier alpha value is -1.78. The zero-order valence-corrected chi connectivity index (χ0v) is 13.6. The Morgan fingerprint density at radius 2 is 1.90 bits per heavy atom. The van der Waals surface area contributed by atoms with Crippen LogP contribution in [0.1, 0.15) is 10.5 Å². The zero-order valence-electron chi connectivity index (χ0n) is 11.2. The summed E-state index contributed by atoms with van der Waals surface area (Å²) in [6, 6.07) is 13.4. The van der Waals surface area contributed by atoms with Gasteiger partial charge in [-0.1, -0.05) is 51.8 Å². The van der Waals surface area contributed by atoms with Gasteiger partial charge in [0.05, 0.1) is 5.02 Å². The number of aromatic nitrogens is 1. The van der Waals surface area contributed by atoms with Crippen molar-refractivity contribution in [3.05, 3.63) is 63.9 Å². The summed E-state index contributed by atoms with van der Waals surface area (Å²) < 4.78 is 2.71. The topological polar surface area (TPSA) is 34.0 Å². The molecule has 0 unspecified atom stereocenters. The second kappa shape index (κ2) is 5.54. The third kappa shape index (κ3) is 2.69. The summed E-state index contributed by atoms with van der Waals surface area (Å²) in [5.74, 6) is -0.183. The third-order valence-electron chi connectivity index (χ3n) is 3.32. The summed E-state index contributed by atoms with van der Waals surface area (Å²) in [5, 5.41) is 5.53. The van der Waals surface area contributed by atoms with Crippen LogP contribution < -0.4 is 5.32 Å². The van der Waals surface area contributed by atoms with E-state index in [0.717, 1.165) is 20.9 Å². The van der Waals surface area contributed by atoms with Crippen LogP contribution in [0.4, 0.5) is 5.69 Å². The van der Waals surface area contributed by atoms with E-state index in [-0.39, 0.29) is 5.91 Å². The van der Waals surface area contributed by atoms with Crippen LogP contribution in [0.25, 0.3) is 10.8 Å². The van der Waals surface area contributed by atoms with Crippen LogP contribution in [0.5, 0.6) is 0 Å². The molecule has 0 aliphatic rings. The number of aryl methyl sites for hydroxylation is 1. The molecule has 0 radical (unpaired) electrons. The third-order valence-corrected chi connectivity index (χ3v) is 4.22. The van der Waals surface area contributed by atoms with Crippen LogP contribution in [-0.2, 0) is 7.05 Å². The molecule has 0 saturated heterocycles. The quantitative estimate of drug-likeness (QED) is 0.694. The maximum Gasteiger partial charge on any atom is 0.272 e. The number of fused-ring (bicyclic) bond motifs is 1. The van der Waals surface area contributed by atoms with Gasteiger partial charge < -0.3 is 9.88 Å². The lowest BCUT2D eigenvalue weighted by Gasteiger charge is -2.10. The highest BCUT2D eigenvalue weighted by Crippen LogP contribution is 2.30. The largest absolute Gasteiger partial charge is 0.345 e. The van der Waals surface area contributed by atoms with Crippen LogP contribution in [0.3, 0.4) is 0 Å². The molecule has 1 heterocycles. The summed E-state index contributed by atoms with van der Waals surface area (Å²) in [6.07, 6.45) is 1.70. The Balaban J connectivity index is 2.01. The SMILES string of the molecule is Cn1cc(Cl)cc1C(=O)Nc1ccc(Br)c2ccccc12. The van der Waals surface area contributed by atoms with Crippen molar-refractivity contribution in [3.8, 4) is 0 Å². The second-order valence-electron chi connectivity index (χ2n) is 4.75. The molecule has 0 aliphatic carbocycles. The molecular weight excluding hydrogens is 352 g/mol.